The lowest BCUT2D eigenvalue weighted by atomic mass is 9.89. The van der Waals surface area contributed by atoms with Crippen molar-refractivity contribution in [3.63, 3.8) is 0 Å². The number of amides is 1. The number of rotatable bonds is 0. The zero-order valence-electron chi connectivity index (χ0n) is 7.71. The molecule has 0 spiro atoms. The minimum atomic E-state index is 0.293. The van der Waals surface area contributed by atoms with Crippen LogP contribution in [0.5, 0.6) is 0 Å². The molecule has 1 amide bonds. The molecule has 66 valence electrons. The van der Waals surface area contributed by atoms with Crippen LogP contribution in [0.2, 0.25) is 0 Å². The molecular weight excluding hydrogens is 150 g/mol. The van der Waals surface area contributed by atoms with Crippen molar-refractivity contribution in [2.45, 2.75) is 25.8 Å². The SMILES string of the molecule is C=C1C2CC(=O)N(C)C1C[C@H]2C. The van der Waals surface area contributed by atoms with Gasteiger partial charge in [0.15, 0.2) is 0 Å². The quantitative estimate of drug-likeness (QED) is 0.497. The van der Waals surface area contributed by atoms with Gasteiger partial charge < -0.3 is 4.90 Å². The van der Waals surface area contributed by atoms with E-state index >= 15 is 0 Å². The highest BCUT2D eigenvalue weighted by atomic mass is 16.2. The summed E-state index contributed by atoms with van der Waals surface area (Å²) in [7, 11) is 1.90. The van der Waals surface area contributed by atoms with Crippen molar-refractivity contribution in [2.75, 3.05) is 7.05 Å². The molecule has 2 nitrogen and oxygen atoms in total. The second-order valence-corrected chi connectivity index (χ2v) is 4.12. The van der Waals surface area contributed by atoms with E-state index in [0.29, 0.717) is 30.2 Å². The van der Waals surface area contributed by atoms with Crippen LogP contribution >= 0.6 is 0 Å². The van der Waals surface area contributed by atoms with Crippen molar-refractivity contribution in [1.29, 1.82) is 0 Å². The first kappa shape index (κ1) is 7.84. The number of carbonyl (C=O) groups is 1. The average Bonchev–Trinajstić information content (AvgIpc) is 2.23. The van der Waals surface area contributed by atoms with Gasteiger partial charge in [-0.05, 0) is 18.3 Å². The third-order valence-corrected chi connectivity index (χ3v) is 3.44. The number of carbonyl (C=O) groups excluding carboxylic acids is 1. The number of hydrogen-bond acceptors (Lipinski definition) is 1. The summed E-state index contributed by atoms with van der Waals surface area (Å²) in [5.41, 5.74) is 1.28. The van der Waals surface area contributed by atoms with E-state index in [1.165, 1.54) is 5.57 Å². The number of fused-ring (bicyclic) bond motifs is 2. The van der Waals surface area contributed by atoms with Gasteiger partial charge in [0.1, 0.15) is 0 Å². The van der Waals surface area contributed by atoms with Gasteiger partial charge in [0.05, 0.1) is 6.04 Å². The Kier molecular flexibility index (Phi) is 1.53. The highest BCUT2D eigenvalue weighted by molar-refractivity contribution is 5.79. The molecule has 12 heavy (non-hydrogen) atoms. The standard InChI is InChI=1S/C10H15NO/c1-6-4-9-7(2)8(6)5-10(12)11(9)3/h6,8-9H,2,4-5H2,1,3H3/t6-,8?,9?/m1/s1. The molecule has 0 radical (unpaired) electrons. The largest absolute Gasteiger partial charge is 0.339 e. The molecular formula is C10H15NO. The zero-order valence-corrected chi connectivity index (χ0v) is 7.71. The molecule has 1 aliphatic carbocycles. The highest BCUT2D eigenvalue weighted by Gasteiger charge is 2.43. The van der Waals surface area contributed by atoms with E-state index < -0.39 is 0 Å². The summed E-state index contributed by atoms with van der Waals surface area (Å²) in [5.74, 6) is 1.41. The van der Waals surface area contributed by atoms with E-state index in [1.54, 1.807) is 0 Å². The van der Waals surface area contributed by atoms with E-state index in [1.807, 2.05) is 11.9 Å². The van der Waals surface area contributed by atoms with Gasteiger partial charge in [0.2, 0.25) is 5.91 Å². The molecule has 2 aliphatic rings. The van der Waals surface area contributed by atoms with Gasteiger partial charge in [-0.1, -0.05) is 19.1 Å². The minimum absolute atomic E-state index is 0.293. The third kappa shape index (κ3) is 0.838. The minimum Gasteiger partial charge on any atom is -0.339 e. The van der Waals surface area contributed by atoms with E-state index in [0.717, 1.165) is 6.42 Å². The molecule has 2 bridgehead atoms. The molecule has 2 heteroatoms. The Hall–Kier alpha value is -0.790. The topological polar surface area (TPSA) is 20.3 Å². The van der Waals surface area contributed by atoms with Crippen LogP contribution in [0, 0.1) is 11.8 Å². The second-order valence-electron chi connectivity index (χ2n) is 4.12. The maximum Gasteiger partial charge on any atom is 0.223 e. The van der Waals surface area contributed by atoms with Gasteiger partial charge in [0.25, 0.3) is 0 Å². The Morgan fingerprint density at radius 3 is 2.92 bits per heavy atom. The highest BCUT2D eigenvalue weighted by Crippen LogP contribution is 2.43. The summed E-state index contributed by atoms with van der Waals surface area (Å²) >= 11 is 0. The summed E-state index contributed by atoms with van der Waals surface area (Å²) in [6, 6.07) is 0.339. The van der Waals surface area contributed by atoms with E-state index in [9.17, 15) is 4.79 Å². The van der Waals surface area contributed by atoms with E-state index in [-0.39, 0.29) is 0 Å². The van der Waals surface area contributed by atoms with Gasteiger partial charge in [-0.3, -0.25) is 4.79 Å². The molecule has 1 saturated heterocycles. The number of nitrogens with zero attached hydrogens (tertiary/aromatic N) is 1. The lowest BCUT2D eigenvalue weighted by molar-refractivity contribution is -0.132. The monoisotopic (exact) mass is 165 g/mol. The predicted octanol–water partition coefficient (Wildman–Crippen LogP) is 1.43. The number of hydrogen-bond donors (Lipinski definition) is 0. The first-order valence-corrected chi connectivity index (χ1v) is 4.55. The molecule has 2 unspecified atom stereocenters. The fraction of sp³-hybridized carbons (Fsp3) is 0.700. The van der Waals surface area contributed by atoms with Gasteiger partial charge in [-0.15, -0.1) is 0 Å². The van der Waals surface area contributed by atoms with Crippen LogP contribution in [0.4, 0.5) is 0 Å². The molecule has 3 atom stereocenters. The average molecular weight is 165 g/mol. The molecule has 0 aromatic carbocycles. The fourth-order valence-electron chi connectivity index (χ4n) is 2.53. The molecule has 1 heterocycles. The normalized spacial score (nSPS) is 40.8. The van der Waals surface area contributed by atoms with Gasteiger partial charge in [0, 0.05) is 13.5 Å². The van der Waals surface area contributed by atoms with Crippen LogP contribution < -0.4 is 0 Å². The van der Waals surface area contributed by atoms with Gasteiger partial charge in [-0.2, -0.15) is 0 Å². The Bertz CT molecular complexity index is 246. The molecule has 2 fully saturated rings. The van der Waals surface area contributed by atoms with Crippen molar-refractivity contribution in [3.8, 4) is 0 Å². The number of piperidine rings is 1. The molecule has 0 aromatic heterocycles. The van der Waals surface area contributed by atoms with Crippen molar-refractivity contribution in [1.82, 2.24) is 4.90 Å². The van der Waals surface area contributed by atoms with Crippen molar-refractivity contribution >= 4 is 5.91 Å². The van der Waals surface area contributed by atoms with Crippen LogP contribution in [0.3, 0.4) is 0 Å². The molecule has 1 aliphatic heterocycles. The second kappa shape index (κ2) is 2.35. The van der Waals surface area contributed by atoms with Gasteiger partial charge in [-0.25, -0.2) is 0 Å². The van der Waals surface area contributed by atoms with Crippen LogP contribution in [0.1, 0.15) is 19.8 Å². The first-order valence-electron chi connectivity index (χ1n) is 4.55. The Morgan fingerprint density at radius 1 is 1.58 bits per heavy atom. The maximum absolute atomic E-state index is 11.4. The summed E-state index contributed by atoms with van der Waals surface area (Å²) < 4.78 is 0. The molecule has 0 N–H and O–H groups in total. The van der Waals surface area contributed by atoms with Crippen LogP contribution in [0.25, 0.3) is 0 Å². The Morgan fingerprint density at radius 2 is 2.25 bits per heavy atom. The van der Waals surface area contributed by atoms with Crippen LogP contribution in [0.15, 0.2) is 12.2 Å². The lowest BCUT2D eigenvalue weighted by Gasteiger charge is -2.31. The molecule has 1 saturated carbocycles. The Labute approximate surface area is 73.2 Å². The van der Waals surface area contributed by atoms with Crippen LogP contribution in [-0.4, -0.2) is 23.9 Å². The molecule has 0 aromatic rings. The van der Waals surface area contributed by atoms with Crippen molar-refractivity contribution in [3.05, 3.63) is 12.2 Å². The summed E-state index contributed by atoms with van der Waals surface area (Å²) in [6.45, 7) is 6.30. The fourth-order valence-corrected chi connectivity index (χ4v) is 2.53. The third-order valence-electron chi connectivity index (χ3n) is 3.44. The van der Waals surface area contributed by atoms with E-state index in [4.69, 9.17) is 0 Å². The smallest absolute Gasteiger partial charge is 0.223 e. The summed E-state index contributed by atoms with van der Waals surface area (Å²) in [4.78, 5) is 13.3. The van der Waals surface area contributed by atoms with Gasteiger partial charge >= 0.3 is 0 Å². The zero-order chi connectivity index (χ0) is 8.88. The first-order chi connectivity index (χ1) is 5.61. The maximum atomic E-state index is 11.4. The summed E-state index contributed by atoms with van der Waals surface area (Å²) in [6.07, 6.45) is 1.80. The number of likely N-dealkylation sites (N-methyl/N-ethyl adjacent to an activating group) is 1. The number of likely N-dealkylation sites (tertiary alicyclic amines) is 1. The predicted molar refractivity (Wildman–Crippen MR) is 47.6 cm³/mol. The van der Waals surface area contributed by atoms with Crippen LogP contribution in [-0.2, 0) is 4.79 Å². The molecule has 2 rings (SSSR count). The van der Waals surface area contributed by atoms with Crippen molar-refractivity contribution < 1.29 is 4.79 Å². The Balaban J connectivity index is 2.31. The lowest BCUT2D eigenvalue weighted by Crippen LogP contribution is -2.40. The van der Waals surface area contributed by atoms with E-state index in [2.05, 4.69) is 13.5 Å². The summed E-state index contributed by atoms with van der Waals surface area (Å²) in [5, 5.41) is 0. The van der Waals surface area contributed by atoms with Crippen molar-refractivity contribution in [2.24, 2.45) is 11.8 Å².